The Morgan fingerprint density at radius 1 is 1.41 bits per heavy atom. The van der Waals surface area contributed by atoms with Crippen LogP contribution in [0.15, 0.2) is 18.2 Å². The third-order valence-electron chi connectivity index (χ3n) is 3.10. The van der Waals surface area contributed by atoms with E-state index in [1.807, 2.05) is 6.92 Å². The molecular weight excluding hydrogens is 230 g/mol. The van der Waals surface area contributed by atoms with E-state index < -0.39 is 0 Å². The number of hydrogen-bond acceptors (Lipinski definition) is 3. The van der Waals surface area contributed by atoms with Crippen LogP contribution >= 0.6 is 12.6 Å². The second kappa shape index (κ2) is 5.10. The minimum Gasteiger partial charge on any atom is -0.331 e. The Balaban J connectivity index is 2.26. The lowest BCUT2D eigenvalue weighted by atomic mass is 10.2. The SMILES string of the molecule is Cc1nc2cc(CN(C)CCS)ccc2n1C. The van der Waals surface area contributed by atoms with Gasteiger partial charge >= 0.3 is 0 Å². The number of nitrogens with zero attached hydrogens (tertiary/aromatic N) is 3. The number of imidazole rings is 1. The lowest BCUT2D eigenvalue weighted by Gasteiger charge is -2.14. The number of aromatic nitrogens is 2. The molecule has 4 heteroatoms. The Morgan fingerprint density at radius 3 is 2.88 bits per heavy atom. The molecule has 0 unspecified atom stereocenters. The maximum atomic E-state index is 4.56. The molecule has 2 rings (SSSR count). The van der Waals surface area contributed by atoms with Gasteiger partial charge in [0.2, 0.25) is 0 Å². The molecule has 0 atom stereocenters. The largest absolute Gasteiger partial charge is 0.331 e. The van der Waals surface area contributed by atoms with Crippen molar-refractivity contribution in [2.45, 2.75) is 13.5 Å². The standard InChI is InChI=1S/C13H19N3S/c1-10-14-12-8-11(9-15(2)6-7-17)4-5-13(12)16(10)3/h4-5,8,17H,6-7,9H2,1-3H3. The van der Waals surface area contributed by atoms with Gasteiger partial charge < -0.3 is 9.47 Å². The normalized spacial score (nSPS) is 11.6. The number of fused-ring (bicyclic) bond motifs is 1. The molecule has 0 saturated carbocycles. The summed E-state index contributed by atoms with van der Waals surface area (Å²) in [5.74, 6) is 1.95. The van der Waals surface area contributed by atoms with E-state index in [2.05, 4.69) is 59.4 Å². The Bertz CT molecular complexity index is 519. The molecule has 3 nitrogen and oxygen atoms in total. The Morgan fingerprint density at radius 2 is 2.18 bits per heavy atom. The van der Waals surface area contributed by atoms with E-state index in [-0.39, 0.29) is 0 Å². The lowest BCUT2D eigenvalue weighted by molar-refractivity contribution is 0.349. The molecule has 2 aromatic rings. The van der Waals surface area contributed by atoms with E-state index in [4.69, 9.17) is 0 Å². The fourth-order valence-electron chi connectivity index (χ4n) is 2.03. The maximum Gasteiger partial charge on any atom is 0.106 e. The monoisotopic (exact) mass is 249 g/mol. The van der Waals surface area contributed by atoms with Gasteiger partial charge in [-0.15, -0.1) is 0 Å². The molecule has 92 valence electrons. The summed E-state index contributed by atoms with van der Waals surface area (Å²) in [7, 11) is 4.17. The molecule has 0 radical (unpaired) electrons. The van der Waals surface area contributed by atoms with Crippen molar-refractivity contribution in [1.82, 2.24) is 14.5 Å². The third kappa shape index (κ3) is 2.64. The van der Waals surface area contributed by atoms with Gasteiger partial charge in [0.15, 0.2) is 0 Å². The van der Waals surface area contributed by atoms with Crippen LogP contribution in [-0.4, -0.2) is 33.8 Å². The first-order valence-electron chi connectivity index (χ1n) is 5.83. The van der Waals surface area contributed by atoms with Gasteiger partial charge in [0.1, 0.15) is 5.82 Å². The maximum absolute atomic E-state index is 4.56. The Kier molecular flexibility index (Phi) is 3.74. The molecule has 0 aliphatic rings. The molecule has 0 aliphatic heterocycles. The lowest BCUT2D eigenvalue weighted by Crippen LogP contribution is -2.19. The van der Waals surface area contributed by atoms with Gasteiger partial charge in [-0.2, -0.15) is 12.6 Å². The molecule has 0 saturated heterocycles. The van der Waals surface area contributed by atoms with Gasteiger partial charge in [-0.05, 0) is 31.7 Å². The van der Waals surface area contributed by atoms with Crippen molar-refractivity contribution in [3.63, 3.8) is 0 Å². The second-order valence-corrected chi connectivity index (χ2v) is 4.95. The van der Waals surface area contributed by atoms with E-state index in [9.17, 15) is 0 Å². The van der Waals surface area contributed by atoms with Crippen LogP contribution in [-0.2, 0) is 13.6 Å². The van der Waals surface area contributed by atoms with Crippen LogP contribution in [0.5, 0.6) is 0 Å². The van der Waals surface area contributed by atoms with Crippen molar-refractivity contribution in [1.29, 1.82) is 0 Å². The van der Waals surface area contributed by atoms with Crippen molar-refractivity contribution < 1.29 is 0 Å². The van der Waals surface area contributed by atoms with Crippen molar-refractivity contribution in [3.05, 3.63) is 29.6 Å². The van der Waals surface area contributed by atoms with Gasteiger partial charge in [-0.1, -0.05) is 6.07 Å². The average molecular weight is 249 g/mol. The number of thiol groups is 1. The predicted octanol–water partition coefficient (Wildman–Crippen LogP) is 2.24. The van der Waals surface area contributed by atoms with Crippen LogP contribution in [0.3, 0.4) is 0 Å². The minimum atomic E-state index is 0.890. The highest BCUT2D eigenvalue weighted by molar-refractivity contribution is 7.80. The summed E-state index contributed by atoms with van der Waals surface area (Å²) < 4.78 is 2.12. The van der Waals surface area contributed by atoms with Crippen LogP contribution in [0, 0.1) is 6.92 Å². The summed E-state index contributed by atoms with van der Waals surface area (Å²) in [5, 5.41) is 0. The molecule has 0 fully saturated rings. The summed E-state index contributed by atoms with van der Waals surface area (Å²) >= 11 is 4.24. The summed E-state index contributed by atoms with van der Waals surface area (Å²) in [6, 6.07) is 6.51. The fourth-order valence-corrected chi connectivity index (χ4v) is 2.37. The zero-order valence-corrected chi connectivity index (χ0v) is 11.5. The number of hydrogen-bond donors (Lipinski definition) is 1. The molecule has 17 heavy (non-hydrogen) atoms. The van der Waals surface area contributed by atoms with Gasteiger partial charge in [0.05, 0.1) is 11.0 Å². The quantitative estimate of drug-likeness (QED) is 0.839. The zero-order valence-electron chi connectivity index (χ0n) is 10.6. The second-order valence-electron chi connectivity index (χ2n) is 4.50. The molecule has 1 heterocycles. The summed E-state index contributed by atoms with van der Waals surface area (Å²) in [6.45, 7) is 3.99. The predicted molar refractivity (Wildman–Crippen MR) is 75.6 cm³/mol. The van der Waals surface area contributed by atoms with Crippen LogP contribution < -0.4 is 0 Å². The summed E-state index contributed by atoms with van der Waals surface area (Å²) in [5.41, 5.74) is 3.59. The highest BCUT2D eigenvalue weighted by Gasteiger charge is 2.06. The zero-order chi connectivity index (χ0) is 12.4. The van der Waals surface area contributed by atoms with Crippen LogP contribution in [0.4, 0.5) is 0 Å². The van der Waals surface area contributed by atoms with Gasteiger partial charge in [0, 0.05) is 25.9 Å². The molecule has 0 bridgehead atoms. The van der Waals surface area contributed by atoms with Crippen molar-refractivity contribution >= 4 is 23.7 Å². The van der Waals surface area contributed by atoms with Crippen LogP contribution in [0.1, 0.15) is 11.4 Å². The smallest absolute Gasteiger partial charge is 0.106 e. The molecule has 1 aromatic heterocycles. The Labute approximate surface area is 108 Å². The van der Waals surface area contributed by atoms with Crippen LogP contribution in [0.25, 0.3) is 11.0 Å². The molecular formula is C13H19N3S. The van der Waals surface area contributed by atoms with Crippen molar-refractivity contribution in [2.75, 3.05) is 19.3 Å². The molecule has 0 amide bonds. The summed E-state index contributed by atoms with van der Waals surface area (Å²) in [4.78, 5) is 6.82. The van der Waals surface area contributed by atoms with E-state index in [1.54, 1.807) is 0 Å². The number of aryl methyl sites for hydroxylation is 2. The molecule has 1 aromatic carbocycles. The average Bonchev–Trinajstić information content (AvgIpc) is 2.55. The number of rotatable bonds is 4. The molecule has 0 spiro atoms. The van der Waals surface area contributed by atoms with Gasteiger partial charge in [-0.3, -0.25) is 0 Å². The minimum absolute atomic E-state index is 0.890. The topological polar surface area (TPSA) is 21.1 Å². The summed E-state index contributed by atoms with van der Waals surface area (Å²) in [6.07, 6.45) is 0. The molecule has 0 aliphatic carbocycles. The fraction of sp³-hybridized carbons (Fsp3) is 0.462. The number of benzene rings is 1. The first kappa shape index (κ1) is 12.5. The first-order chi connectivity index (χ1) is 8.11. The van der Waals surface area contributed by atoms with Crippen molar-refractivity contribution in [2.24, 2.45) is 7.05 Å². The highest BCUT2D eigenvalue weighted by Crippen LogP contribution is 2.17. The van der Waals surface area contributed by atoms with E-state index in [0.717, 1.165) is 30.2 Å². The van der Waals surface area contributed by atoms with E-state index in [0.29, 0.717) is 0 Å². The first-order valence-corrected chi connectivity index (χ1v) is 6.46. The van der Waals surface area contributed by atoms with Gasteiger partial charge in [-0.25, -0.2) is 4.98 Å². The van der Waals surface area contributed by atoms with E-state index >= 15 is 0 Å². The van der Waals surface area contributed by atoms with E-state index in [1.165, 1.54) is 11.1 Å². The molecule has 0 N–H and O–H groups in total. The van der Waals surface area contributed by atoms with Crippen molar-refractivity contribution in [3.8, 4) is 0 Å². The van der Waals surface area contributed by atoms with Crippen LogP contribution in [0.2, 0.25) is 0 Å². The van der Waals surface area contributed by atoms with Gasteiger partial charge in [0.25, 0.3) is 0 Å². The highest BCUT2D eigenvalue weighted by atomic mass is 32.1. The Hall–Kier alpha value is -1.00. The third-order valence-corrected chi connectivity index (χ3v) is 3.30.